The van der Waals surface area contributed by atoms with Crippen molar-refractivity contribution in [1.82, 2.24) is 15.1 Å². The highest BCUT2D eigenvalue weighted by atomic mass is 16.5. The van der Waals surface area contributed by atoms with Crippen LogP contribution in [0.4, 0.5) is 4.79 Å². The Labute approximate surface area is 152 Å². The van der Waals surface area contributed by atoms with Gasteiger partial charge in [0.1, 0.15) is 12.1 Å². The van der Waals surface area contributed by atoms with E-state index in [1.807, 2.05) is 18.2 Å². The summed E-state index contributed by atoms with van der Waals surface area (Å²) in [6, 6.07) is 5.47. The van der Waals surface area contributed by atoms with Gasteiger partial charge in [0.05, 0.1) is 13.2 Å². The van der Waals surface area contributed by atoms with Gasteiger partial charge in [0, 0.05) is 13.1 Å². The highest BCUT2D eigenvalue weighted by Gasteiger charge is 2.50. The van der Waals surface area contributed by atoms with E-state index in [0.29, 0.717) is 26.3 Å². The predicted molar refractivity (Wildman–Crippen MR) is 93.5 cm³/mol. The Hall–Kier alpha value is -2.41. The Morgan fingerprint density at radius 3 is 2.69 bits per heavy atom. The molecule has 1 atom stereocenters. The van der Waals surface area contributed by atoms with E-state index in [2.05, 4.69) is 5.32 Å². The third-order valence-corrected chi connectivity index (χ3v) is 5.61. The normalized spacial score (nSPS) is 25.4. The molecule has 4 rings (SSSR count). The number of carbonyl (C=O) groups is 3. The number of hydrogen-bond acceptors (Lipinski definition) is 4. The van der Waals surface area contributed by atoms with Crippen molar-refractivity contribution in [3.8, 4) is 0 Å². The molecule has 26 heavy (non-hydrogen) atoms. The second-order valence-electron chi connectivity index (χ2n) is 7.28. The van der Waals surface area contributed by atoms with Crippen LogP contribution in [0.15, 0.2) is 18.2 Å². The van der Waals surface area contributed by atoms with Gasteiger partial charge in [-0.15, -0.1) is 0 Å². The van der Waals surface area contributed by atoms with Gasteiger partial charge >= 0.3 is 6.03 Å². The minimum Gasteiger partial charge on any atom is -0.378 e. The zero-order valence-electron chi connectivity index (χ0n) is 14.9. The van der Waals surface area contributed by atoms with Gasteiger partial charge < -0.3 is 15.0 Å². The topological polar surface area (TPSA) is 79.0 Å². The Kier molecular flexibility index (Phi) is 4.19. The Morgan fingerprint density at radius 2 is 1.92 bits per heavy atom. The van der Waals surface area contributed by atoms with Gasteiger partial charge in [-0.1, -0.05) is 18.2 Å². The van der Waals surface area contributed by atoms with Crippen molar-refractivity contribution < 1.29 is 19.1 Å². The van der Waals surface area contributed by atoms with E-state index in [1.54, 1.807) is 11.8 Å². The summed E-state index contributed by atoms with van der Waals surface area (Å²) in [6.07, 6.45) is 3.18. The quantitative estimate of drug-likeness (QED) is 0.812. The van der Waals surface area contributed by atoms with Crippen LogP contribution in [0.5, 0.6) is 0 Å². The van der Waals surface area contributed by atoms with Crippen LogP contribution in [0, 0.1) is 0 Å². The van der Waals surface area contributed by atoms with Crippen molar-refractivity contribution in [2.75, 3.05) is 32.8 Å². The van der Waals surface area contributed by atoms with Crippen molar-refractivity contribution in [2.24, 2.45) is 0 Å². The summed E-state index contributed by atoms with van der Waals surface area (Å²) < 4.78 is 5.24. The number of aryl methyl sites for hydroxylation is 2. The number of rotatable bonds is 3. The molecule has 0 aromatic heterocycles. The van der Waals surface area contributed by atoms with Gasteiger partial charge in [-0.2, -0.15) is 0 Å². The Bertz CT molecular complexity index is 772. The first kappa shape index (κ1) is 17.0. The number of urea groups is 1. The van der Waals surface area contributed by atoms with Gasteiger partial charge in [0.25, 0.3) is 5.91 Å². The van der Waals surface area contributed by atoms with E-state index in [9.17, 15) is 14.4 Å². The third-order valence-electron chi connectivity index (χ3n) is 5.61. The van der Waals surface area contributed by atoms with E-state index >= 15 is 0 Å². The Morgan fingerprint density at radius 1 is 1.19 bits per heavy atom. The molecule has 0 bridgehead atoms. The fourth-order valence-corrected chi connectivity index (χ4v) is 3.97. The zero-order valence-corrected chi connectivity index (χ0v) is 14.9. The molecular weight excluding hydrogens is 334 g/mol. The molecule has 4 amide bonds. The molecule has 0 unspecified atom stereocenters. The van der Waals surface area contributed by atoms with Crippen molar-refractivity contribution in [2.45, 2.75) is 31.7 Å². The number of ether oxygens (including phenoxy) is 1. The fourth-order valence-electron chi connectivity index (χ4n) is 3.97. The van der Waals surface area contributed by atoms with Gasteiger partial charge in [-0.25, -0.2) is 4.79 Å². The number of carbonyl (C=O) groups excluding carboxylic acids is 3. The van der Waals surface area contributed by atoms with Gasteiger partial charge in [-0.05, 0) is 42.9 Å². The lowest BCUT2D eigenvalue weighted by Crippen LogP contribution is -2.47. The fraction of sp³-hybridized carbons (Fsp3) is 0.526. The summed E-state index contributed by atoms with van der Waals surface area (Å²) in [5, 5.41) is 2.79. The van der Waals surface area contributed by atoms with Crippen LogP contribution >= 0.6 is 0 Å². The maximum Gasteiger partial charge on any atom is 0.325 e. The lowest BCUT2D eigenvalue weighted by molar-refractivity contribution is -0.141. The minimum absolute atomic E-state index is 0.227. The number of amides is 4. The average molecular weight is 357 g/mol. The van der Waals surface area contributed by atoms with E-state index in [-0.39, 0.29) is 18.4 Å². The van der Waals surface area contributed by atoms with Crippen molar-refractivity contribution >= 4 is 17.8 Å². The van der Waals surface area contributed by atoms with Crippen molar-refractivity contribution in [1.29, 1.82) is 0 Å². The van der Waals surface area contributed by atoms with Gasteiger partial charge in [0.15, 0.2) is 0 Å². The summed E-state index contributed by atoms with van der Waals surface area (Å²) >= 11 is 0. The molecule has 1 aromatic rings. The van der Waals surface area contributed by atoms with Crippen LogP contribution in [0.25, 0.3) is 0 Å². The molecule has 0 spiro atoms. The van der Waals surface area contributed by atoms with Gasteiger partial charge in [-0.3, -0.25) is 14.5 Å². The molecule has 3 aliphatic rings. The SMILES string of the molecule is C[C@]1(c2ccc3c(c2)CCC3)NC(=O)N(CC(=O)N2CCOCC2)C1=O. The molecule has 1 aromatic carbocycles. The monoisotopic (exact) mass is 357 g/mol. The first-order chi connectivity index (χ1) is 12.5. The molecule has 138 valence electrons. The van der Waals surface area contributed by atoms with Gasteiger partial charge in [0.2, 0.25) is 5.91 Å². The summed E-state index contributed by atoms with van der Waals surface area (Å²) in [5.41, 5.74) is 2.21. The average Bonchev–Trinajstić information content (AvgIpc) is 3.21. The number of benzene rings is 1. The van der Waals surface area contributed by atoms with Crippen LogP contribution in [0.3, 0.4) is 0 Å². The molecule has 0 radical (unpaired) electrons. The number of hydrogen-bond donors (Lipinski definition) is 1. The molecule has 2 fully saturated rings. The number of nitrogens with zero attached hydrogens (tertiary/aromatic N) is 2. The molecule has 0 saturated carbocycles. The van der Waals surface area contributed by atoms with Crippen LogP contribution < -0.4 is 5.32 Å². The van der Waals surface area contributed by atoms with E-state index in [4.69, 9.17) is 4.74 Å². The summed E-state index contributed by atoms with van der Waals surface area (Å²) in [5.74, 6) is -0.600. The lowest BCUT2D eigenvalue weighted by atomic mass is 9.89. The highest BCUT2D eigenvalue weighted by Crippen LogP contribution is 2.32. The standard InChI is InChI=1S/C19H23N3O4/c1-19(15-6-5-13-3-2-4-14(13)11-15)17(24)22(18(25)20-19)12-16(23)21-7-9-26-10-8-21/h5-6,11H,2-4,7-10,12H2,1H3,(H,20,25)/t19-/m1/s1. The maximum absolute atomic E-state index is 13.0. The van der Waals surface area contributed by atoms with Crippen LogP contribution in [0.1, 0.15) is 30.0 Å². The van der Waals surface area contributed by atoms with Crippen molar-refractivity contribution in [3.63, 3.8) is 0 Å². The maximum atomic E-state index is 13.0. The third kappa shape index (κ3) is 2.76. The molecular formula is C19H23N3O4. The van der Waals surface area contributed by atoms with E-state index in [0.717, 1.165) is 29.7 Å². The van der Waals surface area contributed by atoms with Crippen LogP contribution in [0.2, 0.25) is 0 Å². The van der Waals surface area contributed by atoms with E-state index < -0.39 is 11.6 Å². The largest absolute Gasteiger partial charge is 0.378 e. The first-order valence-corrected chi connectivity index (χ1v) is 9.11. The van der Waals surface area contributed by atoms with Crippen LogP contribution in [-0.2, 0) is 32.7 Å². The molecule has 2 heterocycles. The number of nitrogens with one attached hydrogen (secondary N) is 1. The number of imide groups is 1. The molecule has 7 nitrogen and oxygen atoms in total. The molecule has 1 N–H and O–H groups in total. The summed E-state index contributed by atoms with van der Waals surface area (Å²) in [7, 11) is 0. The first-order valence-electron chi connectivity index (χ1n) is 9.11. The number of fused-ring (bicyclic) bond motifs is 1. The van der Waals surface area contributed by atoms with Crippen LogP contribution in [-0.4, -0.2) is 60.5 Å². The molecule has 7 heteroatoms. The summed E-state index contributed by atoms with van der Waals surface area (Å²) in [6.45, 7) is 3.43. The second kappa shape index (κ2) is 6.39. The number of morpholine rings is 1. The second-order valence-corrected chi connectivity index (χ2v) is 7.28. The minimum atomic E-state index is -1.13. The van der Waals surface area contributed by atoms with E-state index in [1.165, 1.54) is 11.1 Å². The molecule has 1 aliphatic carbocycles. The lowest BCUT2D eigenvalue weighted by Gasteiger charge is -2.28. The smallest absolute Gasteiger partial charge is 0.325 e. The zero-order chi connectivity index (χ0) is 18.3. The van der Waals surface area contributed by atoms with Crippen molar-refractivity contribution in [3.05, 3.63) is 34.9 Å². The molecule has 2 saturated heterocycles. The Balaban J connectivity index is 1.53. The highest BCUT2D eigenvalue weighted by molar-refractivity contribution is 6.09. The molecule has 2 aliphatic heterocycles. The summed E-state index contributed by atoms with van der Waals surface area (Å²) in [4.78, 5) is 40.5. The predicted octanol–water partition coefficient (Wildman–Crippen LogP) is 0.801.